The van der Waals surface area contributed by atoms with E-state index in [0.717, 1.165) is 12.8 Å². The molecule has 1 fully saturated rings. The lowest BCUT2D eigenvalue weighted by molar-refractivity contribution is -0.384. The summed E-state index contributed by atoms with van der Waals surface area (Å²) in [6.07, 6.45) is 7.55. The molecule has 1 aliphatic carbocycles. The molecule has 21 heavy (non-hydrogen) atoms. The van der Waals surface area contributed by atoms with Crippen molar-refractivity contribution in [3.63, 3.8) is 0 Å². The normalized spacial score (nSPS) is 16.2. The van der Waals surface area contributed by atoms with Crippen molar-refractivity contribution < 1.29 is 4.92 Å². The Morgan fingerprint density at radius 1 is 1.29 bits per heavy atom. The van der Waals surface area contributed by atoms with E-state index < -0.39 is 4.92 Å². The fourth-order valence-corrected chi connectivity index (χ4v) is 3.02. The fraction of sp³-hybridized carbons (Fsp3) is 0.467. The molecular weight excluding hydrogens is 270 g/mol. The van der Waals surface area contributed by atoms with Gasteiger partial charge in [-0.05, 0) is 24.8 Å². The lowest BCUT2D eigenvalue weighted by Gasteiger charge is -2.21. The van der Waals surface area contributed by atoms with Crippen LogP contribution in [0.5, 0.6) is 0 Å². The van der Waals surface area contributed by atoms with Crippen molar-refractivity contribution in [1.29, 1.82) is 0 Å². The van der Waals surface area contributed by atoms with Crippen LogP contribution in [0.2, 0.25) is 0 Å². The number of non-ortho nitro benzene ring substituents is 1. The largest absolute Gasteiger partial charge is 0.274 e. The molecule has 0 amide bonds. The third-order valence-corrected chi connectivity index (χ3v) is 4.20. The van der Waals surface area contributed by atoms with E-state index in [1.54, 1.807) is 12.3 Å². The van der Waals surface area contributed by atoms with Crippen molar-refractivity contribution >= 4 is 16.5 Å². The summed E-state index contributed by atoms with van der Waals surface area (Å²) in [6.45, 7) is 0.609. The summed E-state index contributed by atoms with van der Waals surface area (Å²) in [5.74, 6) is 0.486. The van der Waals surface area contributed by atoms with E-state index >= 15 is 0 Å². The minimum absolute atomic E-state index is 0.0602. The highest BCUT2D eigenvalue weighted by atomic mass is 16.6. The molecule has 1 heterocycles. The first-order chi connectivity index (χ1) is 10.1. The summed E-state index contributed by atoms with van der Waals surface area (Å²) in [7, 11) is 0. The number of hydrogen-bond donors (Lipinski definition) is 0. The lowest BCUT2D eigenvalue weighted by Crippen LogP contribution is -2.27. The Morgan fingerprint density at radius 2 is 2.05 bits per heavy atom. The van der Waals surface area contributed by atoms with Crippen LogP contribution in [0.3, 0.4) is 0 Å². The van der Waals surface area contributed by atoms with Gasteiger partial charge in [0, 0.05) is 24.1 Å². The van der Waals surface area contributed by atoms with Crippen molar-refractivity contribution in [2.75, 3.05) is 0 Å². The Morgan fingerprint density at radius 3 is 2.76 bits per heavy atom. The van der Waals surface area contributed by atoms with E-state index in [1.165, 1.54) is 36.1 Å². The smallest absolute Gasteiger partial charge is 0.267 e. The zero-order valence-corrected chi connectivity index (χ0v) is 11.7. The highest BCUT2D eigenvalue weighted by Gasteiger charge is 2.16. The van der Waals surface area contributed by atoms with Crippen LogP contribution in [0.25, 0.3) is 10.8 Å². The lowest BCUT2D eigenvalue weighted by atomic mass is 9.89. The highest BCUT2D eigenvalue weighted by molar-refractivity contribution is 5.82. The minimum atomic E-state index is -0.481. The number of rotatable bonds is 3. The van der Waals surface area contributed by atoms with Gasteiger partial charge in [-0.3, -0.25) is 14.9 Å². The fourth-order valence-electron chi connectivity index (χ4n) is 3.02. The summed E-state index contributed by atoms with van der Waals surface area (Å²) in [6, 6.07) is 4.32. The third kappa shape index (κ3) is 2.79. The van der Waals surface area contributed by atoms with Gasteiger partial charge in [0.2, 0.25) is 0 Å². The minimum Gasteiger partial charge on any atom is -0.267 e. The van der Waals surface area contributed by atoms with Crippen molar-refractivity contribution in [2.45, 2.75) is 38.6 Å². The topological polar surface area (TPSA) is 78.0 Å². The van der Waals surface area contributed by atoms with E-state index in [2.05, 4.69) is 5.10 Å². The molecule has 6 heteroatoms. The van der Waals surface area contributed by atoms with Crippen LogP contribution in [0.15, 0.2) is 29.2 Å². The quantitative estimate of drug-likeness (QED) is 0.642. The molecule has 1 aromatic carbocycles. The van der Waals surface area contributed by atoms with Gasteiger partial charge < -0.3 is 0 Å². The molecule has 0 unspecified atom stereocenters. The first-order valence-electron chi connectivity index (χ1n) is 7.29. The van der Waals surface area contributed by atoms with Crippen LogP contribution in [0.4, 0.5) is 5.69 Å². The van der Waals surface area contributed by atoms with Crippen molar-refractivity contribution in [2.24, 2.45) is 5.92 Å². The molecule has 1 aliphatic rings. The Balaban J connectivity index is 1.98. The molecule has 3 rings (SSSR count). The van der Waals surface area contributed by atoms with Crippen molar-refractivity contribution in [3.05, 3.63) is 44.9 Å². The second-order valence-electron chi connectivity index (χ2n) is 5.66. The SMILES string of the molecule is O=c1c2cc([N+](=O)[O-])ccc2cnn1CC1CCCCC1. The number of nitro groups is 1. The molecular formula is C15H17N3O3. The molecule has 0 saturated heterocycles. The van der Waals surface area contributed by atoms with Crippen molar-refractivity contribution in [3.8, 4) is 0 Å². The molecule has 1 saturated carbocycles. The maximum absolute atomic E-state index is 12.5. The van der Waals surface area contributed by atoms with Gasteiger partial charge in [0.15, 0.2) is 0 Å². The Kier molecular flexibility index (Phi) is 3.68. The highest BCUT2D eigenvalue weighted by Crippen LogP contribution is 2.24. The van der Waals surface area contributed by atoms with Gasteiger partial charge in [0.25, 0.3) is 11.2 Å². The summed E-state index contributed by atoms with van der Waals surface area (Å²) in [5.41, 5.74) is -0.295. The van der Waals surface area contributed by atoms with Gasteiger partial charge in [-0.1, -0.05) is 19.3 Å². The van der Waals surface area contributed by atoms with Crippen LogP contribution in [-0.4, -0.2) is 14.7 Å². The number of hydrogen-bond acceptors (Lipinski definition) is 4. The van der Waals surface area contributed by atoms with Gasteiger partial charge in [-0.15, -0.1) is 0 Å². The van der Waals surface area contributed by atoms with Crippen LogP contribution in [-0.2, 0) is 6.54 Å². The molecule has 1 aromatic heterocycles. The zero-order chi connectivity index (χ0) is 14.8. The number of nitro benzene ring substituents is 1. The second kappa shape index (κ2) is 5.63. The Bertz CT molecular complexity index is 733. The Hall–Kier alpha value is -2.24. The summed E-state index contributed by atoms with van der Waals surface area (Å²) in [4.78, 5) is 22.8. The van der Waals surface area contributed by atoms with Crippen LogP contribution >= 0.6 is 0 Å². The van der Waals surface area contributed by atoms with Gasteiger partial charge in [-0.25, -0.2) is 4.68 Å². The first kappa shape index (κ1) is 13.7. The molecule has 0 N–H and O–H groups in total. The van der Waals surface area contributed by atoms with E-state index in [9.17, 15) is 14.9 Å². The average Bonchev–Trinajstić information content (AvgIpc) is 2.51. The maximum atomic E-state index is 12.5. The van der Waals surface area contributed by atoms with E-state index in [4.69, 9.17) is 0 Å². The van der Waals surface area contributed by atoms with Crippen molar-refractivity contribution in [1.82, 2.24) is 9.78 Å². The number of nitrogens with zero attached hydrogens (tertiary/aromatic N) is 3. The average molecular weight is 287 g/mol. The summed E-state index contributed by atoms with van der Waals surface area (Å²) >= 11 is 0. The molecule has 0 bridgehead atoms. The number of aromatic nitrogens is 2. The summed E-state index contributed by atoms with van der Waals surface area (Å²) < 4.78 is 1.46. The van der Waals surface area contributed by atoms with Gasteiger partial charge >= 0.3 is 0 Å². The van der Waals surface area contributed by atoms with E-state index in [1.807, 2.05) is 0 Å². The molecule has 0 radical (unpaired) electrons. The summed E-state index contributed by atoms with van der Waals surface area (Å²) in [5, 5.41) is 16.1. The van der Waals surface area contributed by atoms with E-state index in [-0.39, 0.29) is 11.2 Å². The van der Waals surface area contributed by atoms with Crippen LogP contribution in [0.1, 0.15) is 32.1 Å². The molecule has 0 spiro atoms. The molecule has 110 valence electrons. The predicted molar refractivity (Wildman–Crippen MR) is 79.2 cm³/mol. The van der Waals surface area contributed by atoms with Crippen LogP contribution in [0, 0.1) is 16.0 Å². The standard InChI is InChI=1S/C15H17N3O3/c19-15-14-8-13(18(20)21)7-6-12(14)9-16-17(15)10-11-4-2-1-3-5-11/h6-9,11H,1-5,10H2. The zero-order valence-electron chi connectivity index (χ0n) is 11.7. The number of fused-ring (bicyclic) bond motifs is 1. The molecule has 0 atom stereocenters. The number of benzene rings is 1. The first-order valence-corrected chi connectivity index (χ1v) is 7.29. The van der Waals surface area contributed by atoms with Crippen LogP contribution < -0.4 is 5.56 Å². The monoisotopic (exact) mass is 287 g/mol. The molecule has 6 nitrogen and oxygen atoms in total. The third-order valence-electron chi connectivity index (χ3n) is 4.20. The second-order valence-corrected chi connectivity index (χ2v) is 5.66. The Labute approximate surface area is 121 Å². The predicted octanol–water partition coefficient (Wildman–Crippen LogP) is 2.89. The maximum Gasteiger partial charge on any atom is 0.274 e. The van der Waals surface area contributed by atoms with Gasteiger partial charge in [0.05, 0.1) is 16.5 Å². The van der Waals surface area contributed by atoms with Gasteiger partial charge in [-0.2, -0.15) is 5.10 Å². The van der Waals surface area contributed by atoms with E-state index in [0.29, 0.717) is 23.2 Å². The molecule has 0 aliphatic heterocycles. The van der Waals surface area contributed by atoms with Gasteiger partial charge in [0.1, 0.15) is 0 Å². The molecule has 2 aromatic rings.